The molecule has 0 bridgehead atoms. The largest absolute Gasteiger partial charge is 0.493 e. The number of amides is 1. The fourth-order valence-electron chi connectivity index (χ4n) is 3.65. The number of thiophene rings is 1. The first kappa shape index (κ1) is 20.1. The molecule has 1 amide bonds. The SMILES string of the molecule is COc1ccc(NC(=O)c2sc3ccccc3c2C)cc1OCc1cn2ccccc2n1. The fourth-order valence-corrected chi connectivity index (χ4v) is 4.76. The molecule has 5 rings (SSSR count). The van der Waals surface area contributed by atoms with Crippen molar-refractivity contribution in [2.45, 2.75) is 13.5 Å². The Morgan fingerprint density at radius 3 is 2.75 bits per heavy atom. The molecule has 0 fully saturated rings. The van der Waals surface area contributed by atoms with Crippen LogP contribution in [0.5, 0.6) is 11.5 Å². The van der Waals surface area contributed by atoms with Gasteiger partial charge in [-0.1, -0.05) is 24.3 Å². The van der Waals surface area contributed by atoms with Crippen LogP contribution in [0.25, 0.3) is 15.7 Å². The number of imidazole rings is 1. The van der Waals surface area contributed by atoms with E-state index in [-0.39, 0.29) is 12.5 Å². The average molecular weight is 444 g/mol. The van der Waals surface area contributed by atoms with E-state index in [1.807, 2.05) is 66.2 Å². The first-order valence-corrected chi connectivity index (χ1v) is 11.0. The van der Waals surface area contributed by atoms with E-state index in [9.17, 15) is 4.79 Å². The van der Waals surface area contributed by atoms with Gasteiger partial charge in [0.2, 0.25) is 0 Å². The third kappa shape index (κ3) is 3.78. The lowest BCUT2D eigenvalue weighted by Crippen LogP contribution is -2.11. The molecule has 0 aliphatic rings. The number of aromatic nitrogens is 2. The molecule has 6 nitrogen and oxygen atoms in total. The van der Waals surface area contributed by atoms with Crippen LogP contribution in [-0.2, 0) is 6.61 Å². The van der Waals surface area contributed by atoms with Gasteiger partial charge in [-0.25, -0.2) is 4.98 Å². The second-order valence-electron chi connectivity index (χ2n) is 7.36. The van der Waals surface area contributed by atoms with Crippen LogP contribution in [0, 0.1) is 6.92 Å². The molecule has 32 heavy (non-hydrogen) atoms. The summed E-state index contributed by atoms with van der Waals surface area (Å²) in [6, 6.07) is 19.2. The van der Waals surface area contributed by atoms with Crippen molar-refractivity contribution in [1.29, 1.82) is 0 Å². The monoisotopic (exact) mass is 443 g/mol. The summed E-state index contributed by atoms with van der Waals surface area (Å²) in [5.41, 5.74) is 3.28. The van der Waals surface area contributed by atoms with Gasteiger partial charge in [0.05, 0.1) is 17.7 Å². The number of benzene rings is 2. The number of methoxy groups -OCH3 is 1. The van der Waals surface area contributed by atoms with Crippen molar-refractivity contribution in [1.82, 2.24) is 9.38 Å². The Kier molecular flexibility index (Phi) is 5.25. The fraction of sp³-hybridized carbons (Fsp3) is 0.120. The smallest absolute Gasteiger partial charge is 0.266 e. The molecule has 0 atom stereocenters. The Morgan fingerprint density at radius 2 is 1.94 bits per heavy atom. The second kappa shape index (κ2) is 8.36. The Hall–Kier alpha value is -3.84. The highest BCUT2D eigenvalue weighted by Crippen LogP contribution is 2.33. The highest BCUT2D eigenvalue weighted by molar-refractivity contribution is 7.21. The van der Waals surface area contributed by atoms with Gasteiger partial charge in [-0.2, -0.15) is 0 Å². The van der Waals surface area contributed by atoms with Crippen LogP contribution in [-0.4, -0.2) is 22.4 Å². The Bertz CT molecular complexity index is 1400. The van der Waals surface area contributed by atoms with Crippen molar-refractivity contribution >= 4 is 38.7 Å². The number of nitrogens with one attached hydrogen (secondary N) is 1. The molecule has 0 saturated heterocycles. The quantitative estimate of drug-likeness (QED) is 0.366. The standard InChI is InChI=1S/C25H21N3O3S/c1-16-19-7-3-4-8-22(19)32-24(16)25(29)27-17-10-11-20(30-2)21(13-17)31-15-18-14-28-12-6-5-9-23(28)26-18/h3-14H,15H2,1-2H3,(H,27,29). The summed E-state index contributed by atoms with van der Waals surface area (Å²) in [6.45, 7) is 2.26. The van der Waals surface area contributed by atoms with E-state index in [0.717, 1.165) is 27.0 Å². The van der Waals surface area contributed by atoms with Gasteiger partial charge in [0, 0.05) is 28.8 Å². The summed E-state index contributed by atoms with van der Waals surface area (Å²) in [7, 11) is 1.59. The summed E-state index contributed by atoms with van der Waals surface area (Å²) in [5, 5.41) is 4.09. The molecule has 0 unspecified atom stereocenters. The molecule has 0 saturated carbocycles. The summed E-state index contributed by atoms with van der Waals surface area (Å²) >= 11 is 1.49. The van der Waals surface area contributed by atoms with E-state index < -0.39 is 0 Å². The van der Waals surface area contributed by atoms with E-state index in [1.165, 1.54) is 11.3 Å². The van der Waals surface area contributed by atoms with Crippen molar-refractivity contribution in [3.63, 3.8) is 0 Å². The summed E-state index contributed by atoms with van der Waals surface area (Å²) in [5.74, 6) is 0.986. The molecule has 5 aromatic rings. The van der Waals surface area contributed by atoms with Crippen molar-refractivity contribution in [2.24, 2.45) is 0 Å². The van der Waals surface area contributed by atoms with Gasteiger partial charge >= 0.3 is 0 Å². The number of hydrogen-bond donors (Lipinski definition) is 1. The molecule has 0 radical (unpaired) electrons. The van der Waals surface area contributed by atoms with Crippen LogP contribution in [0.15, 0.2) is 73.1 Å². The highest BCUT2D eigenvalue weighted by Gasteiger charge is 2.16. The molecule has 0 spiro atoms. The van der Waals surface area contributed by atoms with E-state index in [4.69, 9.17) is 9.47 Å². The zero-order valence-corrected chi connectivity index (χ0v) is 18.5. The average Bonchev–Trinajstić information content (AvgIpc) is 3.39. The molecule has 3 aromatic heterocycles. The van der Waals surface area contributed by atoms with E-state index in [1.54, 1.807) is 25.3 Å². The van der Waals surface area contributed by atoms with E-state index >= 15 is 0 Å². The number of rotatable bonds is 6. The maximum Gasteiger partial charge on any atom is 0.266 e. The minimum absolute atomic E-state index is 0.139. The van der Waals surface area contributed by atoms with Crippen molar-refractivity contribution in [2.75, 3.05) is 12.4 Å². The van der Waals surface area contributed by atoms with Gasteiger partial charge in [0.25, 0.3) is 5.91 Å². The van der Waals surface area contributed by atoms with Crippen LogP contribution in [0.4, 0.5) is 5.69 Å². The van der Waals surface area contributed by atoms with Crippen LogP contribution in [0.1, 0.15) is 20.9 Å². The summed E-state index contributed by atoms with van der Waals surface area (Å²) < 4.78 is 14.5. The van der Waals surface area contributed by atoms with Crippen LogP contribution in [0.3, 0.4) is 0 Å². The number of carbonyl (C=O) groups excluding carboxylic acids is 1. The number of carbonyl (C=O) groups is 1. The Labute approximate surface area is 189 Å². The number of hydrogen-bond acceptors (Lipinski definition) is 5. The van der Waals surface area contributed by atoms with Gasteiger partial charge in [-0.15, -0.1) is 11.3 Å². The number of ether oxygens (including phenoxy) is 2. The van der Waals surface area contributed by atoms with Crippen molar-refractivity contribution in [3.8, 4) is 11.5 Å². The molecule has 0 aliphatic heterocycles. The van der Waals surface area contributed by atoms with Crippen LogP contribution < -0.4 is 14.8 Å². The highest BCUT2D eigenvalue weighted by atomic mass is 32.1. The molecule has 7 heteroatoms. The number of anilines is 1. The molecular weight excluding hydrogens is 422 g/mol. The zero-order chi connectivity index (χ0) is 22.1. The second-order valence-corrected chi connectivity index (χ2v) is 8.41. The Balaban J connectivity index is 1.36. The molecule has 1 N–H and O–H groups in total. The minimum Gasteiger partial charge on any atom is -0.493 e. The number of fused-ring (bicyclic) bond motifs is 2. The van der Waals surface area contributed by atoms with E-state index in [0.29, 0.717) is 22.1 Å². The van der Waals surface area contributed by atoms with Gasteiger partial charge < -0.3 is 19.2 Å². The minimum atomic E-state index is -0.139. The molecule has 3 heterocycles. The van der Waals surface area contributed by atoms with Crippen molar-refractivity contribution in [3.05, 3.63) is 89.2 Å². The number of aryl methyl sites for hydroxylation is 1. The number of nitrogens with zero attached hydrogens (tertiary/aromatic N) is 2. The summed E-state index contributed by atoms with van der Waals surface area (Å²) in [6.07, 6.45) is 3.87. The molecule has 160 valence electrons. The normalized spacial score (nSPS) is 11.1. The van der Waals surface area contributed by atoms with Crippen molar-refractivity contribution < 1.29 is 14.3 Å². The van der Waals surface area contributed by atoms with E-state index in [2.05, 4.69) is 10.3 Å². The lowest BCUT2D eigenvalue weighted by Gasteiger charge is -2.12. The van der Waals surface area contributed by atoms with Gasteiger partial charge in [-0.3, -0.25) is 4.79 Å². The first-order valence-electron chi connectivity index (χ1n) is 10.2. The molecule has 2 aromatic carbocycles. The molecular formula is C25H21N3O3S. The third-order valence-electron chi connectivity index (χ3n) is 5.26. The van der Waals surface area contributed by atoms with Crippen LogP contribution in [0.2, 0.25) is 0 Å². The van der Waals surface area contributed by atoms with Gasteiger partial charge in [-0.05, 0) is 48.2 Å². The predicted octanol–water partition coefficient (Wildman–Crippen LogP) is 5.70. The lowest BCUT2D eigenvalue weighted by atomic mass is 10.1. The predicted molar refractivity (Wildman–Crippen MR) is 127 cm³/mol. The maximum absolute atomic E-state index is 13.0. The zero-order valence-electron chi connectivity index (χ0n) is 17.7. The van der Waals surface area contributed by atoms with Crippen LogP contribution >= 0.6 is 11.3 Å². The topological polar surface area (TPSA) is 64.9 Å². The Morgan fingerprint density at radius 1 is 1.09 bits per heavy atom. The summed E-state index contributed by atoms with van der Waals surface area (Å²) in [4.78, 5) is 18.2. The first-order chi connectivity index (χ1) is 15.6. The van der Waals surface area contributed by atoms with Gasteiger partial charge in [0.1, 0.15) is 12.3 Å². The van der Waals surface area contributed by atoms with Gasteiger partial charge in [0.15, 0.2) is 11.5 Å². The third-order valence-corrected chi connectivity index (χ3v) is 6.53. The maximum atomic E-state index is 13.0. The number of pyridine rings is 1. The lowest BCUT2D eigenvalue weighted by molar-refractivity contribution is 0.103. The molecule has 0 aliphatic carbocycles.